The summed E-state index contributed by atoms with van der Waals surface area (Å²) in [5.41, 5.74) is -0.191. The summed E-state index contributed by atoms with van der Waals surface area (Å²) < 4.78 is 6.01. The Labute approximate surface area is 112 Å². The van der Waals surface area contributed by atoms with Gasteiger partial charge in [-0.25, -0.2) is 0 Å². The van der Waals surface area contributed by atoms with Crippen molar-refractivity contribution in [1.82, 2.24) is 5.32 Å². The Hall–Kier alpha value is -0.590. The fourth-order valence-electron chi connectivity index (χ4n) is 3.18. The Kier molecular flexibility index (Phi) is 5.19. The molecule has 0 radical (unpaired) electrons. The average Bonchev–Trinajstić information content (AvgIpc) is 2.24. The van der Waals surface area contributed by atoms with Crippen molar-refractivity contribution in [3.63, 3.8) is 0 Å². The molecule has 0 saturated heterocycles. The zero-order valence-electron chi connectivity index (χ0n) is 12.5. The number of hydrogen-bond acceptors (Lipinski definition) is 3. The first-order chi connectivity index (χ1) is 8.30. The minimum atomic E-state index is -0.556. The van der Waals surface area contributed by atoms with Crippen molar-refractivity contribution in [2.45, 2.75) is 65.5 Å². The molecule has 1 N–H and O–H groups in total. The predicted octanol–water partition coefficient (Wildman–Crippen LogP) is 3.11. The minimum absolute atomic E-state index is 0.301. The number of rotatable bonds is 5. The summed E-state index contributed by atoms with van der Waals surface area (Å²) in [6.07, 6.45) is 3.80. The standard InChI is InChI=1S/C15H28N2O/c1-6-17-15(5,10-16)11-18-13-7-12(2)8-14(3,4)9-13/h12-13,17H,6-9,11H2,1-5H3. The molecule has 0 heterocycles. The van der Waals surface area contributed by atoms with Gasteiger partial charge in [-0.05, 0) is 44.1 Å². The molecule has 1 aliphatic carbocycles. The van der Waals surface area contributed by atoms with Gasteiger partial charge in [0.2, 0.25) is 0 Å². The van der Waals surface area contributed by atoms with E-state index in [1.807, 2.05) is 13.8 Å². The Morgan fingerprint density at radius 1 is 1.44 bits per heavy atom. The van der Waals surface area contributed by atoms with Gasteiger partial charge in [-0.1, -0.05) is 27.7 Å². The van der Waals surface area contributed by atoms with Crippen molar-refractivity contribution in [2.75, 3.05) is 13.2 Å². The highest BCUT2D eigenvalue weighted by Gasteiger charge is 2.34. The van der Waals surface area contributed by atoms with E-state index in [4.69, 9.17) is 4.74 Å². The SMILES string of the molecule is CCNC(C)(C#N)COC1CC(C)CC(C)(C)C1. The van der Waals surface area contributed by atoms with Gasteiger partial charge in [-0.15, -0.1) is 0 Å². The van der Waals surface area contributed by atoms with Gasteiger partial charge in [0.25, 0.3) is 0 Å². The molecule has 3 nitrogen and oxygen atoms in total. The third kappa shape index (κ3) is 4.59. The van der Waals surface area contributed by atoms with Gasteiger partial charge in [-0.2, -0.15) is 5.26 Å². The maximum absolute atomic E-state index is 9.21. The topological polar surface area (TPSA) is 45.0 Å². The molecule has 0 aromatic heterocycles. The van der Waals surface area contributed by atoms with Crippen molar-refractivity contribution >= 4 is 0 Å². The lowest BCUT2D eigenvalue weighted by Crippen LogP contribution is -2.46. The van der Waals surface area contributed by atoms with Crippen LogP contribution in [0.25, 0.3) is 0 Å². The number of nitrogens with zero attached hydrogens (tertiary/aromatic N) is 1. The van der Waals surface area contributed by atoms with Crippen LogP contribution in [0.5, 0.6) is 0 Å². The highest BCUT2D eigenvalue weighted by molar-refractivity contribution is 5.04. The lowest BCUT2D eigenvalue weighted by molar-refractivity contribution is -0.0367. The van der Waals surface area contributed by atoms with Gasteiger partial charge >= 0.3 is 0 Å². The van der Waals surface area contributed by atoms with Crippen molar-refractivity contribution in [3.8, 4) is 6.07 Å². The highest BCUT2D eigenvalue weighted by Crippen LogP contribution is 2.39. The normalized spacial score (nSPS) is 30.4. The number of nitrogens with one attached hydrogen (secondary N) is 1. The lowest BCUT2D eigenvalue weighted by atomic mass is 9.71. The molecule has 0 amide bonds. The van der Waals surface area contributed by atoms with E-state index in [1.54, 1.807) is 0 Å². The average molecular weight is 252 g/mol. The Balaban J connectivity index is 2.50. The van der Waals surface area contributed by atoms with Crippen LogP contribution in [0.4, 0.5) is 0 Å². The molecule has 1 rings (SSSR count). The fourth-order valence-corrected chi connectivity index (χ4v) is 3.18. The molecule has 104 valence electrons. The van der Waals surface area contributed by atoms with Crippen LogP contribution in [0, 0.1) is 22.7 Å². The molecule has 1 fully saturated rings. The summed E-state index contributed by atoms with van der Waals surface area (Å²) in [4.78, 5) is 0. The molecule has 1 aliphatic rings. The van der Waals surface area contributed by atoms with E-state index < -0.39 is 5.54 Å². The molecule has 3 heteroatoms. The van der Waals surface area contributed by atoms with Crippen LogP contribution >= 0.6 is 0 Å². The second kappa shape index (κ2) is 6.04. The minimum Gasteiger partial charge on any atom is -0.375 e. The second-order valence-corrected chi connectivity index (χ2v) is 6.82. The smallest absolute Gasteiger partial charge is 0.127 e. The van der Waals surface area contributed by atoms with Crippen LogP contribution in [-0.4, -0.2) is 24.8 Å². The van der Waals surface area contributed by atoms with Crippen LogP contribution < -0.4 is 5.32 Å². The molecule has 0 aromatic carbocycles. The summed E-state index contributed by atoms with van der Waals surface area (Å²) in [6.45, 7) is 12.1. The Bertz CT molecular complexity index is 308. The molecule has 3 atom stereocenters. The molecular formula is C15H28N2O. The monoisotopic (exact) mass is 252 g/mol. The van der Waals surface area contributed by atoms with Crippen molar-refractivity contribution < 1.29 is 4.74 Å². The fraction of sp³-hybridized carbons (Fsp3) is 0.933. The largest absolute Gasteiger partial charge is 0.375 e. The third-order valence-corrected chi connectivity index (χ3v) is 3.77. The van der Waals surface area contributed by atoms with Gasteiger partial charge in [0.05, 0.1) is 18.8 Å². The highest BCUT2D eigenvalue weighted by atomic mass is 16.5. The molecule has 0 spiro atoms. The van der Waals surface area contributed by atoms with Gasteiger partial charge in [-0.3, -0.25) is 5.32 Å². The van der Waals surface area contributed by atoms with Gasteiger partial charge in [0.1, 0.15) is 5.54 Å². The first kappa shape index (κ1) is 15.5. The lowest BCUT2D eigenvalue weighted by Gasteiger charge is -2.39. The Morgan fingerprint density at radius 2 is 2.11 bits per heavy atom. The molecule has 0 aromatic rings. The van der Waals surface area contributed by atoms with E-state index in [1.165, 1.54) is 6.42 Å². The molecule has 0 bridgehead atoms. The first-order valence-electron chi connectivity index (χ1n) is 7.08. The van der Waals surface area contributed by atoms with E-state index in [9.17, 15) is 5.26 Å². The van der Waals surface area contributed by atoms with Crippen LogP contribution in [0.1, 0.15) is 53.9 Å². The third-order valence-electron chi connectivity index (χ3n) is 3.77. The van der Waals surface area contributed by atoms with Crippen molar-refractivity contribution in [3.05, 3.63) is 0 Å². The summed E-state index contributed by atoms with van der Waals surface area (Å²) >= 11 is 0. The second-order valence-electron chi connectivity index (χ2n) is 6.82. The quantitative estimate of drug-likeness (QED) is 0.817. The Morgan fingerprint density at radius 3 is 2.61 bits per heavy atom. The number of ether oxygens (including phenoxy) is 1. The van der Waals surface area contributed by atoms with Gasteiger partial charge in [0, 0.05) is 0 Å². The molecule has 18 heavy (non-hydrogen) atoms. The summed E-state index contributed by atoms with van der Waals surface area (Å²) in [7, 11) is 0. The van der Waals surface area contributed by atoms with Crippen LogP contribution in [0.15, 0.2) is 0 Å². The van der Waals surface area contributed by atoms with Crippen molar-refractivity contribution in [2.24, 2.45) is 11.3 Å². The van der Waals surface area contributed by atoms with Crippen LogP contribution in [0.2, 0.25) is 0 Å². The van der Waals surface area contributed by atoms with E-state index in [0.717, 1.165) is 19.4 Å². The molecular weight excluding hydrogens is 224 g/mol. The summed E-state index contributed by atoms with van der Waals surface area (Å²) in [6, 6.07) is 2.31. The van der Waals surface area contributed by atoms with Crippen molar-refractivity contribution in [1.29, 1.82) is 5.26 Å². The van der Waals surface area contributed by atoms with E-state index in [-0.39, 0.29) is 0 Å². The first-order valence-corrected chi connectivity index (χ1v) is 7.08. The zero-order valence-corrected chi connectivity index (χ0v) is 12.5. The predicted molar refractivity (Wildman–Crippen MR) is 74.2 cm³/mol. The van der Waals surface area contributed by atoms with Crippen LogP contribution in [0.3, 0.4) is 0 Å². The zero-order chi connectivity index (χ0) is 13.8. The molecule has 3 unspecified atom stereocenters. The van der Waals surface area contributed by atoms with Crippen LogP contribution in [-0.2, 0) is 4.74 Å². The molecule has 0 aliphatic heterocycles. The number of nitriles is 1. The van der Waals surface area contributed by atoms with E-state index >= 15 is 0 Å². The van der Waals surface area contributed by atoms with Gasteiger partial charge in [0.15, 0.2) is 0 Å². The van der Waals surface area contributed by atoms with E-state index in [2.05, 4.69) is 32.2 Å². The maximum Gasteiger partial charge on any atom is 0.127 e. The number of hydrogen-bond donors (Lipinski definition) is 1. The number of likely N-dealkylation sites (N-methyl/N-ethyl adjacent to an activating group) is 1. The summed E-state index contributed by atoms with van der Waals surface area (Å²) in [5.74, 6) is 0.714. The maximum atomic E-state index is 9.21. The van der Waals surface area contributed by atoms with Gasteiger partial charge < -0.3 is 4.74 Å². The van der Waals surface area contributed by atoms with E-state index in [0.29, 0.717) is 24.0 Å². The molecule has 1 saturated carbocycles. The summed E-state index contributed by atoms with van der Waals surface area (Å²) in [5, 5.41) is 12.4.